The van der Waals surface area contributed by atoms with E-state index in [-0.39, 0.29) is 0 Å². The van der Waals surface area contributed by atoms with Crippen LogP contribution in [0.1, 0.15) is 5.56 Å². The van der Waals surface area contributed by atoms with Gasteiger partial charge in [-0.15, -0.1) is 0 Å². The molecule has 5 rings (SSSR count). The van der Waals surface area contributed by atoms with Crippen LogP contribution in [-0.2, 0) is 6.54 Å². The van der Waals surface area contributed by atoms with Gasteiger partial charge < -0.3 is 9.30 Å². The van der Waals surface area contributed by atoms with Crippen LogP contribution in [0.25, 0.3) is 33.7 Å². The van der Waals surface area contributed by atoms with Gasteiger partial charge in [0.25, 0.3) is 0 Å². The van der Waals surface area contributed by atoms with Gasteiger partial charge in [0.2, 0.25) is 0 Å². The first-order chi connectivity index (χ1) is 14.2. The number of nitrogens with zero attached hydrogens (tertiary/aromatic N) is 4. The molecule has 6 heteroatoms. The van der Waals surface area contributed by atoms with Crippen molar-refractivity contribution in [3.05, 3.63) is 82.8 Å². The van der Waals surface area contributed by atoms with E-state index in [0.29, 0.717) is 12.2 Å². The first-order valence-corrected chi connectivity index (χ1v) is 10.0. The van der Waals surface area contributed by atoms with Gasteiger partial charge in [0, 0.05) is 10.0 Å². The SMILES string of the molecule is COc1ccc(Cn2c(-c3cccc(Br)c3)nc3nc4ccccc4nc32)cc1. The van der Waals surface area contributed by atoms with E-state index in [1.807, 2.05) is 48.5 Å². The van der Waals surface area contributed by atoms with Gasteiger partial charge in [-0.2, -0.15) is 0 Å². The molecule has 0 fully saturated rings. The Bertz CT molecular complexity index is 1330. The minimum atomic E-state index is 0.634. The Kier molecular flexibility index (Phi) is 4.48. The number of fused-ring (bicyclic) bond motifs is 2. The van der Waals surface area contributed by atoms with E-state index in [9.17, 15) is 0 Å². The number of aromatic nitrogens is 4. The highest BCUT2D eigenvalue weighted by molar-refractivity contribution is 9.10. The molecule has 0 saturated heterocycles. The van der Waals surface area contributed by atoms with Gasteiger partial charge in [-0.05, 0) is 42.0 Å². The highest BCUT2D eigenvalue weighted by Crippen LogP contribution is 2.28. The molecule has 0 bridgehead atoms. The molecule has 5 nitrogen and oxygen atoms in total. The van der Waals surface area contributed by atoms with E-state index in [0.717, 1.165) is 43.9 Å². The van der Waals surface area contributed by atoms with Gasteiger partial charge in [-0.1, -0.05) is 52.3 Å². The van der Waals surface area contributed by atoms with Crippen molar-refractivity contribution in [1.29, 1.82) is 0 Å². The number of hydrogen-bond donors (Lipinski definition) is 0. The molecule has 0 atom stereocenters. The molecular formula is C23H17BrN4O. The van der Waals surface area contributed by atoms with Crippen LogP contribution >= 0.6 is 15.9 Å². The number of rotatable bonds is 4. The Morgan fingerprint density at radius 1 is 0.862 bits per heavy atom. The largest absolute Gasteiger partial charge is 0.497 e. The van der Waals surface area contributed by atoms with Crippen molar-refractivity contribution < 1.29 is 4.74 Å². The summed E-state index contributed by atoms with van der Waals surface area (Å²) in [6.07, 6.45) is 0. The third-order valence-corrected chi connectivity index (χ3v) is 5.33. The molecule has 0 radical (unpaired) electrons. The van der Waals surface area contributed by atoms with Crippen LogP contribution < -0.4 is 4.74 Å². The van der Waals surface area contributed by atoms with Gasteiger partial charge in [0.15, 0.2) is 11.3 Å². The van der Waals surface area contributed by atoms with Crippen LogP contribution in [0.4, 0.5) is 0 Å². The molecule has 0 saturated carbocycles. The third kappa shape index (κ3) is 3.36. The van der Waals surface area contributed by atoms with Crippen LogP contribution in [0.2, 0.25) is 0 Å². The van der Waals surface area contributed by atoms with Crippen molar-refractivity contribution in [2.75, 3.05) is 7.11 Å². The van der Waals surface area contributed by atoms with Gasteiger partial charge in [0.1, 0.15) is 11.6 Å². The van der Waals surface area contributed by atoms with E-state index in [1.165, 1.54) is 0 Å². The summed E-state index contributed by atoms with van der Waals surface area (Å²) in [6.45, 7) is 0.634. The summed E-state index contributed by atoms with van der Waals surface area (Å²) in [5, 5.41) is 0. The maximum Gasteiger partial charge on any atom is 0.198 e. The second-order valence-electron chi connectivity index (χ2n) is 6.74. The zero-order chi connectivity index (χ0) is 19.8. The molecular weight excluding hydrogens is 428 g/mol. The number of halogens is 1. The van der Waals surface area contributed by atoms with Crippen molar-refractivity contribution in [3.8, 4) is 17.1 Å². The highest BCUT2D eigenvalue weighted by atomic mass is 79.9. The Morgan fingerprint density at radius 3 is 2.34 bits per heavy atom. The summed E-state index contributed by atoms with van der Waals surface area (Å²) < 4.78 is 8.41. The number of para-hydroxylation sites is 2. The van der Waals surface area contributed by atoms with Crippen molar-refractivity contribution >= 4 is 38.3 Å². The lowest BCUT2D eigenvalue weighted by Crippen LogP contribution is -2.03. The number of hydrogen-bond acceptors (Lipinski definition) is 4. The zero-order valence-electron chi connectivity index (χ0n) is 15.7. The maximum atomic E-state index is 5.28. The summed E-state index contributed by atoms with van der Waals surface area (Å²) in [6, 6.07) is 24.1. The number of methoxy groups -OCH3 is 1. The number of ether oxygens (including phenoxy) is 1. The standard InChI is InChI=1S/C23H17BrN4O/c1-29-18-11-9-15(10-12-18)14-28-22(16-5-4-6-17(24)13-16)27-21-23(28)26-20-8-3-2-7-19(20)25-21/h2-13H,14H2,1H3. The minimum absolute atomic E-state index is 0.634. The van der Waals surface area contributed by atoms with E-state index >= 15 is 0 Å². The second kappa shape index (κ2) is 7.29. The summed E-state index contributed by atoms with van der Waals surface area (Å²) >= 11 is 3.56. The molecule has 5 aromatic rings. The van der Waals surface area contributed by atoms with Crippen molar-refractivity contribution in [3.63, 3.8) is 0 Å². The molecule has 29 heavy (non-hydrogen) atoms. The lowest BCUT2D eigenvalue weighted by molar-refractivity contribution is 0.414. The van der Waals surface area contributed by atoms with Crippen molar-refractivity contribution in [2.45, 2.75) is 6.54 Å². The Morgan fingerprint density at radius 2 is 1.62 bits per heavy atom. The van der Waals surface area contributed by atoms with Gasteiger partial charge in [-0.25, -0.2) is 15.0 Å². The van der Waals surface area contributed by atoms with Gasteiger partial charge in [0.05, 0.1) is 24.7 Å². The van der Waals surface area contributed by atoms with Crippen molar-refractivity contribution in [2.24, 2.45) is 0 Å². The predicted octanol–water partition coefficient (Wildman–Crippen LogP) is 5.47. The lowest BCUT2D eigenvalue weighted by Gasteiger charge is -2.10. The fraction of sp³-hybridized carbons (Fsp3) is 0.0870. The van der Waals surface area contributed by atoms with E-state index < -0.39 is 0 Å². The summed E-state index contributed by atoms with van der Waals surface area (Å²) in [5.41, 5.74) is 5.27. The van der Waals surface area contributed by atoms with Crippen LogP contribution in [0.3, 0.4) is 0 Å². The molecule has 0 amide bonds. The average molecular weight is 445 g/mol. The average Bonchev–Trinajstić information content (AvgIpc) is 3.10. The second-order valence-corrected chi connectivity index (χ2v) is 7.66. The molecule has 3 aromatic carbocycles. The summed E-state index contributed by atoms with van der Waals surface area (Å²) in [5.74, 6) is 1.68. The highest BCUT2D eigenvalue weighted by Gasteiger charge is 2.16. The molecule has 0 aliphatic rings. The van der Waals surface area contributed by atoms with Crippen molar-refractivity contribution in [1.82, 2.24) is 19.5 Å². The monoisotopic (exact) mass is 444 g/mol. The third-order valence-electron chi connectivity index (χ3n) is 4.84. The van der Waals surface area contributed by atoms with E-state index in [2.05, 4.69) is 44.8 Å². The Hall–Kier alpha value is -3.25. The molecule has 2 heterocycles. The zero-order valence-corrected chi connectivity index (χ0v) is 17.3. The first kappa shape index (κ1) is 17.8. The lowest BCUT2D eigenvalue weighted by atomic mass is 10.2. The number of benzene rings is 3. The maximum absolute atomic E-state index is 5.28. The van der Waals surface area contributed by atoms with Crippen LogP contribution in [0, 0.1) is 0 Å². The minimum Gasteiger partial charge on any atom is -0.497 e. The van der Waals surface area contributed by atoms with E-state index in [4.69, 9.17) is 19.7 Å². The predicted molar refractivity (Wildman–Crippen MR) is 118 cm³/mol. The molecule has 0 aliphatic heterocycles. The molecule has 142 valence electrons. The molecule has 0 spiro atoms. The smallest absolute Gasteiger partial charge is 0.198 e. The quantitative estimate of drug-likeness (QED) is 0.368. The fourth-order valence-electron chi connectivity index (χ4n) is 3.41. The topological polar surface area (TPSA) is 52.8 Å². The summed E-state index contributed by atoms with van der Waals surface area (Å²) in [4.78, 5) is 14.5. The number of imidazole rings is 1. The molecule has 2 aromatic heterocycles. The van der Waals surface area contributed by atoms with Gasteiger partial charge >= 0.3 is 0 Å². The first-order valence-electron chi connectivity index (χ1n) is 9.23. The molecule has 0 aliphatic carbocycles. The van der Waals surface area contributed by atoms with E-state index in [1.54, 1.807) is 7.11 Å². The molecule has 0 N–H and O–H groups in total. The Labute approximate surface area is 176 Å². The van der Waals surface area contributed by atoms with Gasteiger partial charge in [-0.3, -0.25) is 0 Å². The summed E-state index contributed by atoms with van der Waals surface area (Å²) in [7, 11) is 1.67. The van der Waals surface area contributed by atoms with Crippen LogP contribution in [-0.4, -0.2) is 26.6 Å². The van der Waals surface area contributed by atoms with Crippen LogP contribution in [0.5, 0.6) is 5.75 Å². The normalized spacial score (nSPS) is 11.2. The van der Waals surface area contributed by atoms with Crippen LogP contribution in [0.15, 0.2) is 77.3 Å². The Balaban J connectivity index is 1.72. The fourth-order valence-corrected chi connectivity index (χ4v) is 3.81. The molecule has 0 unspecified atom stereocenters.